The van der Waals surface area contributed by atoms with Crippen molar-refractivity contribution in [1.29, 1.82) is 0 Å². The first-order valence-corrected chi connectivity index (χ1v) is 7.77. The molecule has 2 aromatic rings. The first kappa shape index (κ1) is 19.6. The van der Waals surface area contributed by atoms with Gasteiger partial charge in [0.1, 0.15) is 23.2 Å². The van der Waals surface area contributed by atoms with Crippen LogP contribution >= 0.6 is 0 Å². The van der Waals surface area contributed by atoms with Crippen molar-refractivity contribution in [3.8, 4) is 16.9 Å². The number of hydrogen-bond donors (Lipinski definition) is 1. The van der Waals surface area contributed by atoms with E-state index in [1.165, 1.54) is 0 Å². The van der Waals surface area contributed by atoms with Crippen LogP contribution in [0.1, 0.15) is 10.4 Å². The predicted molar refractivity (Wildman–Crippen MR) is 74.3 cm³/mol. The molecule has 0 aliphatic carbocycles. The van der Waals surface area contributed by atoms with Crippen LogP contribution in [0.5, 0.6) is 5.75 Å². The van der Waals surface area contributed by atoms with Crippen LogP contribution in [-0.4, -0.2) is 25.0 Å². The number of hydrogen-bond acceptors (Lipinski definition) is 4. The maximum absolute atomic E-state index is 14.1. The summed E-state index contributed by atoms with van der Waals surface area (Å²) in [5, 5.41) is 8.83. The van der Waals surface area contributed by atoms with E-state index in [-0.39, 0.29) is 12.1 Å². The maximum atomic E-state index is 14.1. The molecule has 0 atom stereocenters. The molecular formula is C14H6F6O5S. The number of carboxylic acid groups (broad SMARTS) is 1. The van der Waals surface area contributed by atoms with E-state index in [9.17, 15) is 39.6 Å². The second kappa shape index (κ2) is 6.52. The maximum Gasteiger partial charge on any atom is 0.534 e. The fourth-order valence-corrected chi connectivity index (χ4v) is 2.32. The average molecular weight is 400 g/mol. The number of rotatable bonds is 4. The Kier molecular flexibility index (Phi) is 4.90. The summed E-state index contributed by atoms with van der Waals surface area (Å²) in [5.41, 5.74) is -8.28. The van der Waals surface area contributed by atoms with Crippen LogP contribution in [0.2, 0.25) is 0 Å². The van der Waals surface area contributed by atoms with E-state index in [4.69, 9.17) is 5.11 Å². The van der Waals surface area contributed by atoms with Gasteiger partial charge in [-0.15, -0.1) is 0 Å². The van der Waals surface area contributed by atoms with Gasteiger partial charge < -0.3 is 9.29 Å². The lowest BCUT2D eigenvalue weighted by molar-refractivity contribution is -0.0500. The Morgan fingerprint density at radius 2 is 1.50 bits per heavy atom. The third-order valence-corrected chi connectivity index (χ3v) is 3.97. The van der Waals surface area contributed by atoms with Crippen molar-refractivity contribution >= 4 is 16.1 Å². The van der Waals surface area contributed by atoms with Crippen LogP contribution in [0.25, 0.3) is 11.1 Å². The number of alkyl halides is 3. The van der Waals surface area contributed by atoms with Gasteiger partial charge >= 0.3 is 21.6 Å². The predicted octanol–water partition coefficient (Wildman–Crippen LogP) is 3.70. The number of halogens is 6. The van der Waals surface area contributed by atoms with E-state index in [2.05, 4.69) is 4.18 Å². The summed E-state index contributed by atoms with van der Waals surface area (Å²) in [4.78, 5) is 10.9. The Morgan fingerprint density at radius 1 is 0.962 bits per heavy atom. The van der Waals surface area contributed by atoms with Crippen LogP contribution < -0.4 is 4.18 Å². The van der Waals surface area contributed by atoms with Crippen LogP contribution in [0.15, 0.2) is 30.3 Å². The molecule has 2 aromatic carbocycles. The molecule has 0 saturated carbocycles. The van der Waals surface area contributed by atoms with E-state index in [1.54, 1.807) is 0 Å². The third kappa shape index (κ3) is 3.74. The van der Waals surface area contributed by atoms with E-state index >= 15 is 0 Å². The number of carbonyl (C=O) groups is 1. The fraction of sp³-hybridized carbons (Fsp3) is 0.0714. The molecule has 0 unspecified atom stereocenters. The Balaban J connectivity index is 2.56. The minimum absolute atomic E-state index is 0.0918. The lowest BCUT2D eigenvalue weighted by Gasteiger charge is -2.12. The molecule has 5 nitrogen and oxygen atoms in total. The van der Waals surface area contributed by atoms with Crippen molar-refractivity contribution in [3.63, 3.8) is 0 Å². The summed E-state index contributed by atoms with van der Waals surface area (Å²) in [6, 6.07) is 2.23. The lowest BCUT2D eigenvalue weighted by Crippen LogP contribution is -2.28. The fourth-order valence-electron chi connectivity index (χ4n) is 1.88. The summed E-state index contributed by atoms with van der Waals surface area (Å²) in [5.74, 6) is -7.42. The van der Waals surface area contributed by atoms with Crippen LogP contribution in [-0.2, 0) is 10.1 Å². The van der Waals surface area contributed by atoms with E-state index in [0.717, 1.165) is 6.07 Å². The van der Waals surface area contributed by atoms with Crippen molar-refractivity contribution in [3.05, 3.63) is 53.3 Å². The standard InChI is InChI=1S/C14H6F6O5S/c15-9-2-1-6(13(21)22)3-8(9)12-10(16)4-7(5-11(12)17)25-26(23,24)14(18,19)20/h1-5H,(H,21,22). The Labute approximate surface area is 141 Å². The van der Waals surface area contributed by atoms with Gasteiger partial charge in [-0.25, -0.2) is 18.0 Å². The van der Waals surface area contributed by atoms with Crippen molar-refractivity contribution in [2.24, 2.45) is 0 Å². The summed E-state index contributed by atoms with van der Waals surface area (Å²) < 4.78 is 104. The van der Waals surface area contributed by atoms with Crippen LogP contribution in [0.4, 0.5) is 26.3 Å². The van der Waals surface area contributed by atoms with Gasteiger partial charge in [0.25, 0.3) is 0 Å². The summed E-state index contributed by atoms with van der Waals surface area (Å²) in [6.07, 6.45) is 0. The highest BCUT2D eigenvalue weighted by molar-refractivity contribution is 7.88. The normalized spacial score (nSPS) is 12.1. The molecule has 2 rings (SSSR count). The highest BCUT2D eigenvalue weighted by Gasteiger charge is 2.48. The summed E-state index contributed by atoms with van der Waals surface area (Å²) >= 11 is 0. The first-order valence-electron chi connectivity index (χ1n) is 6.36. The van der Waals surface area contributed by atoms with Gasteiger partial charge in [-0.1, -0.05) is 0 Å². The molecule has 0 spiro atoms. The molecule has 26 heavy (non-hydrogen) atoms. The molecule has 0 bridgehead atoms. The van der Waals surface area contributed by atoms with Gasteiger partial charge in [0.15, 0.2) is 0 Å². The van der Waals surface area contributed by atoms with Crippen molar-refractivity contribution in [1.82, 2.24) is 0 Å². The second-order valence-electron chi connectivity index (χ2n) is 4.74. The smallest absolute Gasteiger partial charge is 0.478 e. The minimum atomic E-state index is -6.17. The van der Waals surface area contributed by atoms with Gasteiger partial charge in [0.2, 0.25) is 0 Å². The quantitative estimate of drug-likeness (QED) is 0.481. The zero-order valence-corrected chi connectivity index (χ0v) is 13.0. The third-order valence-electron chi connectivity index (χ3n) is 2.99. The van der Waals surface area contributed by atoms with Crippen LogP contribution in [0.3, 0.4) is 0 Å². The first-order chi connectivity index (χ1) is 11.8. The van der Waals surface area contributed by atoms with Gasteiger partial charge in [-0.05, 0) is 18.2 Å². The molecule has 0 aliphatic rings. The van der Waals surface area contributed by atoms with E-state index in [0.29, 0.717) is 12.1 Å². The molecule has 0 radical (unpaired) electrons. The highest BCUT2D eigenvalue weighted by atomic mass is 32.2. The molecule has 0 amide bonds. The van der Waals surface area contributed by atoms with Crippen molar-refractivity contribution in [2.75, 3.05) is 0 Å². The summed E-state index contributed by atoms with van der Waals surface area (Å²) in [7, 11) is -6.17. The Hall–Kier alpha value is -2.76. The zero-order valence-electron chi connectivity index (χ0n) is 12.1. The van der Waals surface area contributed by atoms with Crippen LogP contribution in [0, 0.1) is 17.5 Å². The van der Waals surface area contributed by atoms with Gasteiger partial charge in [-0.3, -0.25) is 0 Å². The number of benzene rings is 2. The Morgan fingerprint density at radius 3 is 1.96 bits per heavy atom. The number of aromatic carboxylic acids is 1. The minimum Gasteiger partial charge on any atom is -0.478 e. The zero-order chi connectivity index (χ0) is 19.9. The lowest BCUT2D eigenvalue weighted by atomic mass is 10.0. The van der Waals surface area contributed by atoms with Gasteiger partial charge in [0, 0.05) is 17.7 Å². The largest absolute Gasteiger partial charge is 0.534 e. The summed E-state index contributed by atoms with van der Waals surface area (Å²) in [6.45, 7) is 0. The molecule has 0 aromatic heterocycles. The molecule has 140 valence electrons. The molecule has 0 aliphatic heterocycles. The van der Waals surface area contributed by atoms with Gasteiger partial charge in [-0.2, -0.15) is 21.6 Å². The molecule has 12 heteroatoms. The average Bonchev–Trinajstić information content (AvgIpc) is 2.46. The molecule has 0 saturated heterocycles. The molecule has 0 heterocycles. The topological polar surface area (TPSA) is 80.7 Å². The molecule has 0 fully saturated rings. The highest BCUT2D eigenvalue weighted by Crippen LogP contribution is 2.34. The number of carboxylic acids is 1. The van der Waals surface area contributed by atoms with E-state index in [1.807, 2.05) is 0 Å². The van der Waals surface area contributed by atoms with Gasteiger partial charge in [0.05, 0.1) is 11.1 Å². The molecular weight excluding hydrogens is 394 g/mol. The SMILES string of the molecule is O=C(O)c1ccc(F)c(-c2c(F)cc(OS(=O)(=O)C(F)(F)F)cc2F)c1. The Bertz CT molecular complexity index is 961. The monoisotopic (exact) mass is 400 g/mol. The van der Waals surface area contributed by atoms with Crippen molar-refractivity contribution < 1.29 is 48.8 Å². The second-order valence-corrected chi connectivity index (χ2v) is 6.28. The molecule has 1 N–H and O–H groups in total. The van der Waals surface area contributed by atoms with Crippen molar-refractivity contribution in [2.45, 2.75) is 5.51 Å². The van der Waals surface area contributed by atoms with E-state index < -0.39 is 61.5 Å².